The van der Waals surface area contributed by atoms with Gasteiger partial charge in [-0.15, -0.1) is 0 Å². The van der Waals surface area contributed by atoms with Crippen LogP contribution < -0.4 is 0 Å². The van der Waals surface area contributed by atoms with Gasteiger partial charge in [0.25, 0.3) is 5.91 Å². The quantitative estimate of drug-likeness (QED) is 0.736. The summed E-state index contributed by atoms with van der Waals surface area (Å²) in [4.78, 5) is 18.8. The second kappa shape index (κ2) is 6.72. The minimum absolute atomic E-state index is 0.0300. The summed E-state index contributed by atoms with van der Waals surface area (Å²) in [7, 11) is 1.86. The molecule has 0 aliphatic carbocycles. The van der Waals surface area contributed by atoms with Gasteiger partial charge in [-0.25, -0.2) is 4.98 Å². The van der Waals surface area contributed by atoms with Crippen molar-refractivity contribution < 1.29 is 13.9 Å². The van der Waals surface area contributed by atoms with Crippen LogP contribution in [0.4, 0.5) is 0 Å². The molecule has 1 atom stereocenters. The topological polar surface area (TPSA) is 60.5 Å². The summed E-state index contributed by atoms with van der Waals surface area (Å²) in [5.41, 5.74) is 2.61. The number of fused-ring (bicyclic) bond motifs is 1. The summed E-state index contributed by atoms with van der Waals surface area (Å²) in [5.74, 6) is 0.216. The highest BCUT2D eigenvalue weighted by atomic mass is 16.5. The highest BCUT2D eigenvalue weighted by Gasteiger charge is 2.25. The second-order valence-electron chi connectivity index (χ2n) is 6.57. The Morgan fingerprint density at radius 2 is 2.28 bits per heavy atom. The second-order valence-corrected chi connectivity index (χ2v) is 6.57. The van der Waals surface area contributed by atoms with Gasteiger partial charge in [-0.05, 0) is 24.1 Å². The average Bonchev–Trinajstić information content (AvgIpc) is 3.20. The molecule has 3 heterocycles. The number of rotatable bonds is 3. The van der Waals surface area contributed by atoms with Crippen molar-refractivity contribution in [3.63, 3.8) is 0 Å². The zero-order chi connectivity index (χ0) is 17.2. The van der Waals surface area contributed by atoms with Crippen LogP contribution in [0.15, 0.2) is 47.5 Å². The number of hydrogen-bond donors (Lipinski definition) is 0. The third kappa shape index (κ3) is 3.30. The van der Waals surface area contributed by atoms with E-state index in [0.29, 0.717) is 32.0 Å². The molecule has 3 aromatic rings. The molecule has 1 amide bonds. The molecule has 0 bridgehead atoms. The molecule has 1 aromatic carbocycles. The van der Waals surface area contributed by atoms with Gasteiger partial charge in [0, 0.05) is 37.6 Å². The number of carbonyl (C=O) groups is 1. The molecule has 4 rings (SSSR count). The molecular weight excluding hydrogens is 318 g/mol. The Morgan fingerprint density at radius 1 is 1.36 bits per heavy atom. The highest BCUT2D eigenvalue weighted by Crippen LogP contribution is 2.24. The molecule has 6 nitrogen and oxygen atoms in total. The van der Waals surface area contributed by atoms with Gasteiger partial charge in [0.2, 0.25) is 0 Å². The van der Waals surface area contributed by atoms with E-state index in [9.17, 15) is 4.79 Å². The van der Waals surface area contributed by atoms with Gasteiger partial charge in [-0.2, -0.15) is 0 Å². The van der Waals surface area contributed by atoms with Crippen LogP contribution in [0.3, 0.4) is 0 Å². The van der Waals surface area contributed by atoms with E-state index in [4.69, 9.17) is 9.15 Å². The first kappa shape index (κ1) is 15.9. The van der Waals surface area contributed by atoms with Gasteiger partial charge in [0.05, 0.1) is 25.8 Å². The number of nitrogens with zero attached hydrogens (tertiary/aromatic N) is 3. The summed E-state index contributed by atoms with van der Waals surface area (Å²) in [5, 5.41) is 1.13. The van der Waals surface area contributed by atoms with Gasteiger partial charge < -0.3 is 18.6 Å². The van der Waals surface area contributed by atoms with Crippen molar-refractivity contribution in [2.24, 2.45) is 13.0 Å². The van der Waals surface area contributed by atoms with Gasteiger partial charge in [-0.1, -0.05) is 12.1 Å². The molecule has 130 valence electrons. The standard InChI is InChI=1S/C19H21N3O3/c1-21-11-17(20-13-21)19(23)22-6-8-24-12-14(10-22)9-15-3-2-4-18-16(15)5-7-25-18/h2-5,7,11,13-14H,6,8-10,12H2,1H3/t14-/m0/s1. The molecule has 1 saturated heterocycles. The first-order valence-corrected chi connectivity index (χ1v) is 8.51. The van der Waals surface area contributed by atoms with Crippen LogP contribution in [-0.4, -0.2) is 46.7 Å². The molecule has 1 aliphatic heterocycles. The van der Waals surface area contributed by atoms with E-state index in [-0.39, 0.29) is 11.8 Å². The van der Waals surface area contributed by atoms with Crippen molar-refractivity contribution in [2.75, 3.05) is 26.3 Å². The third-order valence-corrected chi connectivity index (χ3v) is 4.64. The van der Waals surface area contributed by atoms with Crippen molar-refractivity contribution in [1.82, 2.24) is 14.5 Å². The predicted octanol–water partition coefficient (Wildman–Crippen LogP) is 2.50. The zero-order valence-electron chi connectivity index (χ0n) is 14.2. The smallest absolute Gasteiger partial charge is 0.274 e. The number of benzene rings is 1. The van der Waals surface area contributed by atoms with Crippen LogP contribution >= 0.6 is 0 Å². The fourth-order valence-electron chi connectivity index (χ4n) is 3.42. The number of furan rings is 1. The first-order chi connectivity index (χ1) is 12.2. The number of aromatic nitrogens is 2. The molecular formula is C19H21N3O3. The van der Waals surface area contributed by atoms with E-state index >= 15 is 0 Å². The summed E-state index contributed by atoms with van der Waals surface area (Å²) >= 11 is 0. The van der Waals surface area contributed by atoms with Gasteiger partial charge in [0.15, 0.2) is 0 Å². The van der Waals surface area contributed by atoms with Crippen molar-refractivity contribution in [3.05, 3.63) is 54.3 Å². The first-order valence-electron chi connectivity index (χ1n) is 8.51. The zero-order valence-corrected chi connectivity index (χ0v) is 14.2. The maximum atomic E-state index is 12.7. The van der Waals surface area contributed by atoms with Crippen molar-refractivity contribution >= 4 is 16.9 Å². The van der Waals surface area contributed by atoms with Crippen LogP contribution in [0, 0.1) is 5.92 Å². The van der Waals surface area contributed by atoms with E-state index in [0.717, 1.165) is 17.4 Å². The van der Waals surface area contributed by atoms with E-state index in [1.54, 1.807) is 23.4 Å². The number of ether oxygens (including phenoxy) is 1. The van der Waals surface area contributed by atoms with Crippen LogP contribution in [0.25, 0.3) is 11.0 Å². The molecule has 6 heteroatoms. The molecule has 0 N–H and O–H groups in total. The fourth-order valence-corrected chi connectivity index (χ4v) is 3.42. The largest absolute Gasteiger partial charge is 0.464 e. The molecule has 0 spiro atoms. The Labute approximate surface area is 146 Å². The minimum Gasteiger partial charge on any atom is -0.464 e. The van der Waals surface area contributed by atoms with Crippen LogP contribution in [-0.2, 0) is 18.2 Å². The van der Waals surface area contributed by atoms with Crippen LogP contribution in [0.5, 0.6) is 0 Å². The van der Waals surface area contributed by atoms with E-state index in [2.05, 4.69) is 11.1 Å². The van der Waals surface area contributed by atoms with Crippen molar-refractivity contribution in [2.45, 2.75) is 6.42 Å². The molecule has 0 saturated carbocycles. The van der Waals surface area contributed by atoms with Gasteiger partial charge >= 0.3 is 0 Å². The lowest BCUT2D eigenvalue weighted by molar-refractivity contribution is 0.0732. The molecule has 0 unspecified atom stereocenters. The molecule has 25 heavy (non-hydrogen) atoms. The van der Waals surface area contributed by atoms with Gasteiger partial charge in [0.1, 0.15) is 11.3 Å². The normalized spacial score (nSPS) is 18.4. The molecule has 1 fully saturated rings. The number of imidazole rings is 1. The maximum Gasteiger partial charge on any atom is 0.274 e. The number of hydrogen-bond acceptors (Lipinski definition) is 4. The Morgan fingerprint density at radius 3 is 3.12 bits per heavy atom. The average molecular weight is 339 g/mol. The Kier molecular flexibility index (Phi) is 4.28. The Balaban J connectivity index is 1.52. The number of aryl methyl sites for hydroxylation is 1. The molecule has 2 aromatic heterocycles. The lowest BCUT2D eigenvalue weighted by Gasteiger charge is -2.23. The summed E-state index contributed by atoms with van der Waals surface area (Å²) in [6, 6.07) is 8.10. The molecule has 1 aliphatic rings. The molecule has 0 radical (unpaired) electrons. The SMILES string of the molecule is Cn1cnc(C(=O)N2CCOC[C@@H](Cc3cccc4occc34)C2)c1. The Hall–Kier alpha value is -2.60. The van der Waals surface area contributed by atoms with Crippen molar-refractivity contribution in [3.8, 4) is 0 Å². The van der Waals surface area contributed by atoms with Crippen molar-refractivity contribution in [1.29, 1.82) is 0 Å². The highest BCUT2D eigenvalue weighted by molar-refractivity contribution is 5.92. The number of carbonyl (C=O) groups excluding carboxylic acids is 1. The van der Waals surface area contributed by atoms with Crippen LogP contribution in [0.2, 0.25) is 0 Å². The van der Waals surface area contributed by atoms with Crippen LogP contribution in [0.1, 0.15) is 16.1 Å². The Bertz CT molecular complexity index is 883. The lowest BCUT2D eigenvalue weighted by atomic mass is 9.97. The fraction of sp³-hybridized carbons (Fsp3) is 0.368. The summed E-state index contributed by atoms with van der Waals surface area (Å²) in [6.45, 7) is 2.48. The summed E-state index contributed by atoms with van der Waals surface area (Å²) in [6.07, 6.45) is 5.98. The number of amides is 1. The van der Waals surface area contributed by atoms with E-state index in [1.807, 2.05) is 30.1 Å². The predicted molar refractivity (Wildman–Crippen MR) is 93.3 cm³/mol. The van der Waals surface area contributed by atoms with E-state index < -0.39 is 0 Å². The maximum absolute atomic E-state index is 12.7. The summed E-state index contributed by atoms with van der Waals surface area (Å²) < 4.78 is 13.0. The minimum atomic E-state index is -0.0300. The monoisotopic (exact) mass is 339 g/mol. The van der Waals surface area contributed by atoms with E-state index in [1.165, 1.54) is 5.56 Å². The third-order valence-electron chi connectivity index (χ3n) is 4.64. The van der Waals surface area contributed by atoms with Gasteiger partial charge in [-0.3, -0.25) is 4.79 Å². The lowest BCUT2D eigenvalue weighted by Crippen LogP contribution is -2.36.